The van der Waals surface area contributed by atoms with Gasteiger partial charge in [0.15, 0.2) is 0 Å². The fourth-order valence-corrected chi connectivity index (χ4v) is 3.83. The lowest BCUT2D eigenvalue weighted by Gasteiger charge is -2.42. The normalized spacial score (nSPS) is 30.7. The molecule has 3 atom stereocenters. The summed E-state index contributed by atoms with van der Waals surface area (Å²) in [7, 11) is 1.78. The molecule has 0 spiro atoms. The lowest BCUT2D eigenvalue weighted by atomic mass is 9.89. The van der Waals surface area contributed by atoms with Crippen molar-refractivity contribution in [2.45, 2.75) is 76.6 Å². The quantitative estimate of drug-likeness (QED) is 0.787. The highest BCUT2D eigenvalue weighted by Crippen LogP contribution is 2.26. The van der Waals surface area contributed by atoms with Crippen LogP contribution in [-0.2, 0) is 4.74 Å². The number of hydrogen-bond donors (Lipinski definition) is 2. The molecule has 4 nitrogen and oxygen atoms in total. The summed E-state index contributed by atoms with van der Waals surface area (Å²) in [4.78, 5) is 2.53. The molecule has 0 aromatic carbocycles. The Morgan fingerprint density at radius 2 is 1.81 bits per heavy atom. The molecule has 1 aliphatic heterocycles. The molecule has 124 valence electrons. The van der Waals surface area contributed by atoms with Gasteiger partial charge in [-0.15, -0.1) is 0 Å². The van der Waals surface area contributed by atoms with Crippen molar-refractivity contribution in [2.24, 2.45) is 5.92 Å². The van der Waals surface area contributed by atoms with E-state index in [1.165, 1.54) is 32.1 Å². The summed E-state index contributed by atoms with van der Waals surface area (Å²) < 4.78 is 5.33. The largest absolute Gasteiger partial charge is 0.391 e. The molecule has 0 amide bonds. The van der Waals surface area contributed by atoms with E-state index in [9.17, 15) is 5.11 Å². The highest BCUT2D eigenvalue weighted by Gasteiger charge is 2.32. The van der Waals surface area contributed by atoms with Gasteiger partial charge in [-0.1, -0.05) is 26.7 Å². The van der Waals surface area contributed by atoms with Crippen LogP contribution < -0.4 is 5.32 Å². The molecule has 0 radical (unpaired) electrons. The Morgan fingerprint density at radius 1 is 1.14 bits per heavy atom. The summed E-state index contributed by atoms with van der Waals surface area (Å²) in [5, 5.41) is 14.0. The number of methoxy groups -OCH3 is 1. The summed E-state index contributed by atoms with van der Waals surface area (Å²) in [6.45, 7) is 7.54. The van der Waals surface area contributed by atoms with Gasteiger partial charge in [0.2, 0.25) is 0 Å². The average molecular weight is 298 g/mol. The van der Waals surface area contributed by atoms with Crippen molar-refractivity contribution in [1.29, 1.82) is 0 Å². The van der Waals surface area contributed by atoms with Gasteiger partial charge in [0, 0.05) is 38.3 Å². The topological polar surface area (TPSA) is 44.7 Å². The van der Waals surface area contributed by atoms with Crippen LogP contribution in [0.1, 0.15) is 52.4 Å². The minimum absolute atomic E-state index is 0.0971. The molecule has 0 aromatic rings. The lowest BCUT2D eigenvalue weighted by Crippen LogP contribution is -2.53. The zero-order valence-corrected chi connectivity index (χ0v) is 14.1. The van der Waals surface area contributed by atoms with Gasteiger partial charge >= 0.3 is 0 Å². The van der Waals surface area contributed by atoms with Crippen LogP contribution in [0.2, 0.25) is 0 Å². The molecule has 2 aliphatic rings. The van der Waals surface area contributed by atoms with Gasteiger partial charge in [0.25, 0.3) is 0 Å². The minimum atomic E-state index is -0.0971. The molecule has 0 bridgehead atoms. The third-order valence-corrected chi connectivity index (χ3v) is 5.29. The fraction of sp³-hybridized carbons (Fsp3) is 1.00. The lowest BCUT2D eigenvalue weighted by molar-refractivity contribution is 0.00537. The Kier molecular flexibility index (Phi) is 6.93. The van der Waals surface area contributed by atoms with Gasteiger partial charge in [0.1, 0.15) is 0 Å². The number of likely N-dealkylation sites (tertiary alicyclic amines) is 1. The van der Waals surface area contributed by atoms with E-state index in [4.69, 9.17) is 4.74 Å². The first-order valence-electron chi connectivity index (χ1n) is 8.79. The molecule has 2 N–H and O–H groups in total. The van der Waals surface area contributed by atoms with Crippen molar-refractivity contribution in [3.8, 4) is 0 Å². The number of hydrogen-bond acceptors (Lipinski definition) is 4. The maximum absolute atomic E-state index is 10.2. The molecule has 1 aliphatic carbocycles. The second kappa shape index (κ2) is 8.47. The molecular weight excluding hydrogens is 264 g/mol. The van der Waals surface area contributed by atoms with Gasteiger partial charge < -0.3 is 15.2 Å². The maximum atomic E-state index is 10.2. The van der Waals surface area contributed by atoms with Crippen molar-refractivity contribution in [3.63, 3.8) is 0 Å². The molecule has 1 heterocycles. The van der Waals surface area contributed by atoms with Crippen LogP contribution in [0, 0.1) is 5.92 Å². The summed E-state index contributed by atoms with van der Waals surface area (Å²) in [5.74, 6) is 0.600. The molecule has 2 fully saturated rings. The number of nitrogens with zero attached hydrogens (tertiary/aromatic N) is 1. The van der Waals surface area contributed by atoms with Crippen LogP contribution in [0.3, 0.4) is 0 Å². The predicted octanol–water partition coefficient (Wildman–Crippen LogP) is 2.01. The molecule has 1 saturated carbocycles. The monoisotopic (exact) mass is 298 g/mol. The Balaban J connectivity index is 1.77. The average Bonchev–Trinajstić information content (AvgIpc) is 2.48. The number of ether oxygens (including phenoxy) is 1. The number of nitrogens with one attached hydrogen (secondary N) is 1. The minimum Gasteiger partial charge on any atom is -0.391 e. The third-order valence-electron chi connectivity index (χ3n) is 5.29. The molecule has 0 aromatic heterocycles. The number of piperidine rings is 1. The summed E-state index contributed by atoms with van der Waals surface area (Å²) in [6, 6.07) is 1.47. The Hall–Kier alpha value is -0.160. The van der Waals surface area contributed by atoms with E-state index >= 15 is 0 Å². The molecule has 21 heavy (non-hydrogen) atoms. The fourth-order valence-electron chi connectivity index (χ4n) is 3.83. The molecule has 4 heteroatoms. The Morgan fingerprint density at radius 3 is 2.38 bits per heavy atom. The van der Waals surface area contributed by atoms with Crippen molar-refractivity contribution < 1.29 is 9.84 Å². The van der Waals surface area contributed by atoms with E-state index in [0.717, 1.165) is 26.1 Å². The van der Waals surface area contributed by atoms with Crippen LogP contribution in [0.15, 0.2) is 0 Å². The maximum Gasteiger partial charge on any atom is 0.0695 e. The number of aliphatic hydroxyl groups excluding tert-OH is 1. The van der Waals surface area contributed by atoms with Crippen LogP contribution in [-0.4, -0.2) is 61.0 Å². The molecular formula is C17H34N2O2. The second-order valence-electron chi connectivity index (χ2n) is 7.20. The molecule has 1 saturated heterocycles. The zero-order valence-electron chi connectivity index (χ0n) is 14.1. The number of rotatable bonds is 6. The van der Waals surface area contributed by atoms with Crippen molar-refractivity contribution in [2.75, 3.05) is 26.8 Å². The summed E-state index contributed by atoms with van der Waals surface area (Å²) in [5.41, 5.74) is 0. The van der Waals surface area contributed by atoms with E-state index in [1.54, 1.807) is 7.11 Å². The highest BCUT2D eigenvalue weighted by molar-refractivity contribution is 4.88. The van der Waals surface area contributed by atoms with Gasteiger partial charge in [-0.3, -0.25) is 4.90 Å². The first kappa shape index (κ1) is 17.2. The van der Waals surface area contributed by atoms with Gasteiger partial charge in [-0.05, 0) is 31.6 Å². The second-order valence-corrected chi connectivity index (χ2v) is 7.20. The predicted molar refractivity (Wildman–Crippen MR) is 86.5 cm³/mol. The van der Waals surface area contributed by atoms with Gasteiger partial charge in [-0.25, -0.2) is 0 Å². The molecule has 3 unspecified atom stereocenters. The first-order chi connectivity index (χ1) is 10.1. The van der Waals surface area contributed by atoms with Gasteiger partial charge in [-0.2, -0.15) is 0 Å². The van der Waals surface area contributed by atoms with E-state index in [-0.39, 0.29) is 6.10 Å². The van der Waals surface area contributed by atoms with Crippen molar-refractivity contribution >= 4 is 0 Å². The Bertz CT molecular complexity index is 291. The van der Waals surface area contributed by atoms with Crippen LogP contribution in [0.4, 0.5) is 0 Å². The highest BCUT2D eigenvalue weighted by atomic mass is 16.5. The van der Waals surface area contributed by atoms with Crippen LogP contribution in [0.25, 0.3) is 0 Å². The van der Waals surface area contributed by atoms with Crippen LogP contribution in [0.5, 0.6) is 0 Å². The Labute approximate surface area is 130 Å². The number of aliphatic hydroxyl groups is 1. The van der Waals surface area contributed by atoms with Gasteiger partial charge in [0.05, 0.1) is 12.7 Å². The van der Waals surface area contributed by atoms with E-state index in [2.05, 4.69) is 24.1 Å². The van der Waals surface area contributed by atoms with Crippen molar-refractivity contribution in [1.82, 2.24) is 10.2 Å². The molecule has 2 rings (SSSR count). The third kappa shape index (κ3) is 4.92. The summed E-state index contributed by atoms with van der Waals surface area (Å²) in [6.07, 6.45) is 6.93. The first-order valence-corrected chi connectivity index (χ1v) is 8.79. The van der Waals surface area contributed by atoms with Crippen LogP contribution >= 0.6 is 0 Å². The summed E-state index contributed by atoms with van der Waals surface area (Å²) >= 11 is 0. The van der Waals surface area contributed by atoms with E-state index in [1.807, 2.05) is 0 Å². The zero-order chi connectivity index (χ0) is 15.2. The van der Waals surface area contributed by atoms with E-state index in [0.29, 0.717) is 24.0 Å². The smallest absolute Gasteiger partial charge is 0.0695 e. The SMILES string of the molecule is COCC(NC1CCN(C2CCCCC2O)CC1)C(C)C. The van der Waals surface area contributed by atoms with E-state index < -0.39 is 0 Å². The van der Waals surface area contributed by atoms with Crippen molar-refractivity contribution in [3.05, 3.63) is 0 Å². The standard InChI is InChI=1S/C17H34N2O2/c1-13(2)15(12-21-3)18-14-8-10-19(11-9-14)16-6-4-5-7-17(16)20/h13-18,20H,4-12H2,1-3H3.